The van der Waals surface area contributed by atoms with E-state index in [1.807, 2.05) is 29.0 Å². The molecule has 8 heteroatoms. The fourth-order valence-electron chi connectivity index (χ4n) is 3.40. The molecule has 0 aliphatic carbocycles. The van der Waals surface area contributed by atoms with Gasteiger partial charge in [-0.25, -0.2) is 18.2 Å². The molecule has 2 heterocycles. The van der Waals surface area contributed by atoms with Gasteiger partial charge >= 0.3 is 5.69 Å². The zero-order valence-electron chi connectivity index (χ0n) is 15.8. The van der Waals surface area contributed by atoms with E-state index in [0.717, 1.165) is 28.0 Å². The lowest BCUT2D eigenvalue weighted by molar-refractivity contribution is 0.602. The van der Waals surface area contributed by atoms with E-state index in [9.17, 15) is 13.2 Å². The Bertz CT molecular complexity index is 1340. The number of benzene rings is 2. The van der Waals surface area contributed by atoms with Crippen molar-refractivity contribution >= 4 is 20.9 Å². The van der Waals surface area contributed by atoms with Gasteiger partial charge in [0.25, 0.3) is 0 Å². The molecule has 0 N–H and O–H groups in total. The highest BCUT2D eigenvalue weighted by Gasteiger charge is 2.12. The molecule has 0 aliphatic rings. The van der Waals surface area contributed by atoms with Gasteiger partial charge in [0.05, 0.1) is 15.9 Å². The van der Waals surface area contributed by atoms with Crippen LogP contribution in [-0.4, -0.2) is 33.4 Å². The van der Waals surface area contributed by atoms with Crippen LogP contribution in [0.5, 0.6) is 0 Å². The van der Waals surface area contributed by atoms with Crippen LogP contribution in [0.3, 0.4) is 0 Å². The number of imidazole rings is 2. The highest BCUT2D eigenvalue weighted by atomic mass is 32.2. The minimum Gasteiger partial charge on any atom is -0.327 e. The van der Waals surface area contributed by atoms with Gasteiger partial charge in [-0.3, -0.25) is 9.13 Å². The van der Waals surface area contributed by atoms with Crippen molar-refractivity contribution in [3.05, 3.63) is 70.9 Å². The SMILES string of the molecule is Cn1c(=O)n(C)c2cc(Cn3ccnc3-c3ccc(S(C)(=O)=O)cc3)ccc21. The van der Waals surface area contributed by atoms with Crippen LogP contribution < -0.4 is 5.69 Å². The zero-order chi connectivity index (χ0) is 20.1. The fraction of sp³-hybridized carbons (Fsp3) is 0.200. The van der Waals surface area contributed by atoms with E-state index in [1.54, 1.807) is 53.7 Å². The highest BCUT2D eigenvalue weighted by molar-refractivity contribution is 7.90. The summed E-state index contributed by atoms with van der Waals surface area (Å²) in [7, 11) is 0.296. The summed E-state index contributed by atoms with van der Waals surface area (Å²) in [6.45, 7) is 0.586. The monoisotopic (exact) mass is 396 g/mol. The van der Waals surface area contributed by atoms with Gasteiger partial charge in [-0.1, -0.05) is 6.07 Å². The molecule has 4 aromatic rings. The number of hydrogen-bond acceptors (Lipinski definition) is 4. The molecule has 0 spiro atoms. The molecule has 0 saturated carbocycles. The highest BCUT2D eigenvalue weighted by Crippen LogP contribution is 2.22. The Kier molecular flexibility index (Phi) is 4.23. The molecule has 0 aliphatic heterocycles. The Morgan fingerprint density at radius 1 is 0.964 bits per heavy atom. The number of aryl methyl sites for hydroxylation is 2. The molecule has 2 aromatic heterocycles. The molecule has 28 heavy (non-hydrogen) atoms. The van der Waals surface area contributed by atoms with Gasteiger partial charge in [0.15, 0.2) is 9.84 Å². The molecule has 144 valence electrons. The molecule has 0 unspecified atom stereocenters. The normalized spacial score (nSPS) is 12.0. The van der Waals surface area contributed by atoms with Gasteiger partial charge in [0.2, 0.25) is 0 Å². The topological polar surface area (TPSA) is 78.9 Å². The summed E-state index contributed by atoms with van der Waals surface area (Å²) in [5.74, 6) is 0.752. The summed E-state index contributed by atoms with van der Waals surface area (Å²) in [6, 6.07) is 12.7. The first-order valence-corrected chi connectivity index (χ1v) is 10.6. The van der Waals surface area contributed by atoms with Crippen molar-refractivity contribution in [2.24, 2.45) is 14.1 Å². The van der Waals surface area contributed by atoms with Gasteiger partial charge in [-0.05, 0) is 42.0 Å². The number of sulfone groups is 1. The van der Waals surface area contributed by atoms with Crippen LogP contribution in [-0.2, 0) is 30.5 Å². The molecule has 4 rings (SSSR count). The van der Waals surface area contributed by atoms with Gasteiger partial charge in [-0.15, -0.1) is 0 Å². The van der Waals surface area contributed by atoms with Crippen molar-refractivity contribution in [2.75, 3.05) is 6.26 Å². The molecule has 7 nitrogen and oxygen atoms in total. The van der Waals surface area contributed by atoms with Gasteiger partial charge in [0, 0.05) is 44.9 Å². The summed E-state index contributed by atoms with van der Waals surface area (Å²) in [5.41, 5.74) is 3.59. The van der Waals surface area contributed by atoms with Crippen molar-refractivity contribution < 1.29 is 8.42 Å². The van der Waals surface area contributed by atoms with Crippen LogP contribution in [0, 0.1) is 0 Å². The molecular weight excluding hydrogens is 376 g/mol. The second kappa shape index (κ2) is 6.49. The second-order valence-corrected chi connectivity index (χ2v) is 8.91. The Morgan fingerprint density at radius 3 is 2.32 bits per heavy atom. The maximum absolute atomic E-state index is 12.1. The number of fused-ring (bicyclic) bond motifs is 1. The van der Waals surface area contributed by atoms with Crippen molar-refractivity contribution in [2.45, 2.75) is 11.4 Å². The molecular formula is C20H20N4O3S. The lowest BCUT2D eigenvalue weighted by Crippen LogP contribution is -2.19. The van der Waals surface area contributed by atoms with Crippen LogP contribution in [0.4, 0.5) is 0 Å². The van der Waals surface area contributed by atoms with Crippen LogP contribution in [0.1, 0.15) is 5.56 Å². The Hall–Kier alpha value is -3.13. The lowest BCUT2D eigenvalue weighted by Gasteiger charge is -2.09. The molecule has 0 radical (unpaired) electrons. The quantitative estimate of drug-likeness (QED) is 0.530. The maximum Gasteiger partial charge on any atom is 0.328 e. The van der Waals surface area contributed by atoms with Crippen LogP contribution >= 0.6 is 0 Å². The molecule has 0 atom stereocenters. The van der Waals surface area contributed by atoms with Gasteiger partial charge < -0.3 is 4.57 Å². The van der Waals surface area contributed by atoms with E-state index >= 15 is 0 Å². The number of rotatable bonds is 4. The van der Waals surface area contributed by atoms with Gasteiger partial charge in [-0.2, -0.15) is 0 Å². The summed E-state index contributed by atoms with van der Waals surface area (Å²) in [6.07, 6.45) is 4.79. The van der Waals surface area contributed by atoms with Crippen LogP contribution in [0.15, 0.2) is 64.5 Å². The summed E-state index contributed by atoms with van der Waals surface area (Å²) >= 11 is 0. The number of nitrogens with zero attached hydrogens (tertiary/aromatic N) is 4. The summed E-state index contributed by atoms with van der Waals surface area (Å²) < 4.78 is 28.6. The van der Waals surface area contributed by atoms with E-state index in [4.69, 9.17) is 0 Å². The average molecular weight is 396 g/mol. The smallest absolute Gasteiger partial charge is 0.327 e. The van der Waals surface area contributed by atoms with E-state index in [2.05, 4.69) is 4.98 Å². The fourth-order valence-corrected chi connectivity index (χ4v) is 4.03. The first-order chi connectivity index (χ1) is 13.3. The van der Waals surface area contributed by atoms with Crippen molar-refractivity contribution in [3.8, 4) is 11.4 Å². The summed E-state index contributed by atoms with van der Waals surface area (Å²) in [5, 5.41) is 0. The van der Waals surface area contributed by atoms with Gasteiger partial charge in [0.1, 0.15) is 5.82 Å². The van der Waals surface area contributed by atoms with E-state index in [-0.39, 0.29) is 10.6 Å². The molecule has 0 saturated heterocycles. The number of hydrogen-bond donors (Lipinski definition) is 0. The van der Waals surface area contributed by atoms with E-state index in [0.29, 0.717) is 6.54 Å². The largest absolute Gasteiger partial charge is 0.328 e. The molecule has 0 amide bonds. The molecule has 2 aromatic carbocycles. The average Bonchev–Trinajstić information content (AvgIpc) is 3.21. The molecule has 0 bridgehead atoms. The van der Waals surface area contributed by atoms with E-state index < -0.39 is 9.84 Å². The van der Waals surface area contributed by atoms with E-state index in [1.165, 1.54) is 6.26 Å². The van der Waals surface area contributed by atoms with Crippen LogP contribution in [0.2, 0.25) is 0 Å². The third-order valence-corrected chi connectivity index (χ3v) is 6.07. The minimum absolute atomic E-state index is 0.0542. The Labute approximate surface area is 162 Å². The first-order valence-electron chi connectivity index (χ1n) is 8.71. The molecule has 0 fully saturated rings. The predicted molar refractivity (Wildman–Crippen MR) is 108 cm³/mol. The predicted octanol–water partition coefficient (Wildman–Crippen LogP) is 2.19. The maximum atomic E-state index is 12.1. The number of aromatic nitrogens is 4. The minimum atomic E-state index is -3.23. The first kappa shape index (κ1) is 18.2. The van der Waals surface area contributed by atoms with Crippen molar-refractivity contribution in [3.63, 3.8) is 0 Å². The standard InChI is InChI=1S/C20H20N4O3S/c1-22-17-9-4-14(12-18(17)23(2)20(22)25)13-24-11-10-21-19(24)15-5-7-16(8-6-15)28(3,26)27/h4-12H,13H2,1-3H3. The zero-order valence-corrected chi connectivity index (χ0v) is 16.6. The summed E-state index contributed by atoms with van der Waals surface area (Å²) in [4.78, 5) is 16.8. The lowest BCUT2D eigenvalue weighted by atomic mass is 10.1. The van der Waals surface area contributed by atoms with Crippen molar-refractivity contribution in [1.29, 1.82) is 0 Å². The second-order valence-electron chi connectivity index (χ2n) is 6.90. The van der Waals surface area contributed by atoms with Crippen LogP contribution in [0.25, 0.3) is 22.4 Å². The Balaban J connectivity index is 1.69. The third-order valence-electron chi connectivity index (χ3n) is 4.95. The Morgan fingerprint density at radius 2 is 1.64 bits per heavy atom. The third kappa shape index (κ3) is 3.05. The van der Waals surface area contributed by atoms with Crippen molar-refractivity contribution in [1.82, 2.24) is 18.7 Å².